The van der Waals surface area contributed by atoms with Crippen LogP contribution in [0.25, 0.3) is 16.5 Å². The summed E-state index contributed by atoms with van der Waals surface area (Å²) in [5, 5.41) is 13.2. The number of ether oxygens (including phenoxy) is 1. The smallest absolute Gasteiger partial charge is 0.108 e. The molecule has 1 aliphatic carbocycles. The zero-order valence-electron chi connectivity index (χ0n) is 18.5. The first-order chi connectivity index (χ1) is 14.3. The van der Waals surface area contributed by atoms with Gasteiger partial charge in [0.15, 0.2) is 0 Å². The van der Waals surface area contributed by atoms with Crippen molar-refractivity contribution < 1.29 is 9.84 Å². The third-order valence-corrected chi connectivity index (χ3v) is 6.94. The summed E-state index contributed by atoms with van der Waals surface area (Å²) >= 11 is 0. The van der Waals surface area contributed by atoms with Gasteiger partial charge in [0.05, 0.1) is 6.04 Å². The van der Waals surface area contributed by atoms with Gasteiger partial charge >= 0.3 is 0 Å². The van der Waals surface area contributed by atoms with Gasteiger partial charge < -0.3 is 14.7 Å². The first-order valence-electron chi connectivity index (χ1n) is 10.5. The molecule has 2 unspecified atom stereocenters. The van der Waals surface area contributed by atoms with Crippen molar-refractivity contribution in [1.82, 2.24) is 4.90 Å². The number of likely N-dealkylation sites (N-methyl/N-ethyl adjacent to an activating group) is 1. The topological polar surface area (TPSA) is 32.7 Å². The fraction of sp³-hybridized carbons (Fsp3) is 0.333. The van der Waals surface area contributed by atoms with Gasteiger partial charge in [-0.15, -0.1) is 0 Å². The van der Waals surface area contributed by atoms with E-state index >= 15 is 0 Å². The highest BCUT2D eigenvalue weighted by molar-refractivity contribution is 6.03. The van der Waals surface area contributed by atoms with Crippen molar-refractivity contribution in [2.24, 2.45) is 0 Å². The number of aliphatic hydroxyl groups excluding tert-OH is 1. The molecule has 2 atom stereocenters. The molecule has 0 saturated heterocycles. The highest BCUT2D eigenvalue weighted by Gasteiger charge is 2.45. The van der Waals surface area contributed by atoms with Gasteiger partial charge in [-0.3, -0.25) is 0 Å². The van der Waals surface area contributed by atoms with Gasteiger partial charge in [0.1, 0.15) is 5.76 Å². The van der Waals surface area contributed by atoms with Crippen LogP contribution in [0.15, 0.2) is 73.1 Å². The van der Waals surface area contributed by atoms with Crippen molar-refractivity contribution in [2.75, 3.05) is 20.8 Å². The van der Waals surface area contributed by atoms with Crippen molar-refractivity contribution >= 4 is 16.5 Å². The van der Waals surface area contributed by atoms with Crippen LogP contribution in [-0.2, 0) is 10.2 Å². The van der Waals surface area contributed by atoms with Crippen LogP contribution in [0.2, 0.25) is 0 Å². The number of nitrogens with zero attached hydrogens (tertiary/aromatic N) is 1. The van der Waals surface area contributed by atoms with E-state index in [-0.39, 0.29) is 23.1 Å². The Morgan fingerprint density at radius 3 is 2.60 bits per heavy atom. The predicted molar refractivity (Wildman–Crippen MR) is 126 cm³/mol. The molecular weight excluding hydrogens is 370 g/mol. The number of benzene rings is 2. The van der Waals surface area contributed by atoms with Crippen LogP contribution >= 0.6 is 0 Å². The molecular formula is C27H31NO2. The van der Waals surface area contributed by atoms with E-state index in [1.807, 2.05) is 6.08 Å². The maximum atomic E-state index is 10.7. The Balaban J connectivity index is 2.17. The Morgan fingerprint density at radius 2 is 1.97 bits per heavy atom. The minimum Gasteiger partial charge on any atom is -0.511 e. The van der Waals surface area contributed by atoms with E-state index in [0.29, 0.717) is 6.61 Å². The normalized spacial score (nSPS) is 21.7. The Morgan fingerprint density at radius 1 is 1.23 bits per heavy atom. The van der Waals surface area contributed by atoms with E-state index < -0.39 is 0 Å². The summed E-state index contributed by atoms with van der Waals surface area (Å²) in [6.45, 7) is 17.4. The van der Waals surface area contributed by atoms with Crippen LogP contribution in [0.5, 0.6) is 0 Å². The second kappa shape index (κ2) is 7.17. The maximum Gasteiger partial charge on any atom is 0.108 e. The molecule has 0 saturated carbocycles. The zero-order valence-corrected chi connectivity index (χ0v) is 18.5. The highest BCUT2D eigenvalue weighted by atomic mass is 16.5. The molecule has 4 rings (SSSR count). The lowest BCUT2D eigenvalue weighted by molar-refractivity contribution is 0.161. The van der Waals surface area contributed by atoms with Crippen LogP contribution in [0.4, 0.5) is 0 Å². The van der Waals surface area contributed by atoms with Crippen LogP contribution < -0.4 is 0 Å². The molecule has 2 aromatic rings. The summed E-state index contributed by atoms with van der Waals surface area (Å²) in [6, 6.07) is 10.8. The van der Waals surface area contributed by atoms with Gasteiger partial charge in [0.25, 0.3) is 0 Å². The van der Waals surface area contributed by atoms with E-state index in [1.54, 1.807) is 7.11 Å². The van der Waals surface area contributed by atoms with Crippen molar-refractivity contribution in [3.8, 4) is 0 Å². The van der Waals surface area contributed by atoms with Crippen LogP contribution in [0.3, 0.4) is 0 Å². The summed E-state index contributed by atoms with van der Waals surface area (Å²) in [6.07, 6.45) is 2.64. The number of aliphatic hydroxyl groups is 1. The average Bonchev–Trinajstić information content (AvgIpc) is 2.71. The SMILES string of the molecule is C=CC(=C)C1=C2c3c(ccc4cccc(c34)C1(C)C)C(CCOC)C(C(=C)O)N2C. The van der Waals surface area contributed by atoms with E-state index in [1.165, 1.54) is 27.5 Å². The molecule has 30 heavy (non-hydrogen) atoms. The molecule has 2 aromatic carbocycles. The lowest BCUT2D eigenvalue weighted by Gasteiger charge is -2.49. The molecule has 0 fully saturated rings. The molecule has 156 valence electrons. The quantitative estimate of drug-likeness (QED) is 0.470. The third-order valence-electron chi connectivity index (χ3n) is 6.94. The van der Waals surface area contributed by atoms with Gasteiger partial charge in [-0.1, -0.05) is 70.0 Å². The first-order valence-corrected chi connectivity index (χ1v) is 10.5. The number of allylic oxidation sites excluding steroid dienone is 3. The van der Waals surface area contributed by atoms with E-state index in [2.05, 4.69) is 75.9 Å². The largest absolute Gasteiger partial charge is 0.511 e. The second-order valence-corrected chi connectivity index (χ2v) is 8.95. The molecule has 0 amide bonds. The Labute approximate surface area is 179 Å². The summed E-state index contributed by atoms with van der Waals surface area (Å²) in [7, 11) is 3.78. The number of hydrogen-bond donors (Lipinski definition) is 1. The molecule has 1 aliphatic heterocycles. The van der Waals surface area contributed by atoms with E-state index in [9.17, 15) is 5.11 Å². The molecule has 0 radical (unpaired) electrons. The van der Waals surface area contributed by atoms with Gasteiger partial charge in [-0.25, -0.2) is 0 Å². The van der Waals surface area contributed by atoms with Gasteiger partial charge in [0, 0.05) is 43.4 Å². The van der Waals surface area contributed by atoms with Gasteiger partial charge in [-0.2, -0.15) is 0 Å². The van der Waals surface area contributed by atoms with Crippen molar-refractivity contribution in [3.63, 3.8) is 0 Å². The molecule has 1 N–H and O–H groups in total. The first kappa shape index (κ1) is 20.5. The number of methoxy groups -OCH3 is 1. The predicted octanol–water partition coefficient (Wildman–Crippen LogP) is 6.09. The monoisotopic (exact) mass is 401 g/mol. The van der Waals surface area contributed by atoms with Crippen molar-refractivity contribution in [3.05, 3.63) is 89.7 Å². The average molecular weight is 402 g/mol. The molecule has 1 heterocycles. The van der Waals surface area contributed by atoms with Crippen LogP contribution in [-0.4, -0.2) is 36.8 Å². The standard InChI is InChI=1S/C27H31NO2/c1-8-16(2)24-26-23-19(20(14-15-30-7)25(17(3)29)28(26)6)13-12-18-10-9-11-21(22(18)23)27(24,4)5/h8-13,20,25,29H,1-3,14-15H2,4-7H3. The number of hydrogen-bond acceptors (Lipinski definition) is 3. The summed E-state index contributed by atoms with van der Waals surface area (Å²) in [5.74, 6) is 0.264. The fourth-order valence-electron chi connectivity index (χ4n) is 5.64. The number of rotatable bonds is 6. The van der Waals surface area contributed by atoms with E-state index in [0.717, 1.165) is 23.3 Å². The minimum atomic E-state index is -0.249. The molecule has 3 heteroatoms. The lowest BCUT2D eigenvalue weighted by atomic mass is 9.64. The van der Waals surface area contributed by atoms with E-state index in [4.69, 9.17) is 4.74 Å². The fourth-order valence-corrected chi connectivity index (χ4v) is 5.64. The van der Waals surface area contributed by atoms with Crippen molar-refractivity contribution in [1.29, 1.82) is 0 Å². The third kappa shape index (κ3) is 2.69. The van der Waals surface area contributed by atoms with Crippen LogP contribution in [0.1, 0.15) is 42.9 Å². The van der Waals surface area contributed by atoms with Crippen LogP contribution in [0, 0.1) is 0 Å². The summed E-state index contributed by atoms with van der Waals surface area (Å²) in [5.41, 5.74) is 6.74. The lowest BCUT2D eigenvalue weighted by Crippen LogP contribution is -2.44. The zero-order chi connectivity index (χ0) is 21.8. The molecule has 2 aliphatic rings. The second-order valence-electron chi connectivity index (χ2n) is 8.95. The van der Waals surface area contributed by atoms with Gasteiger partial charge in [-0.05, 0) is 39.5 Å². The Hall–Kier alpha value is -2.78. The molecule has 0 spiro atoms. The van der Waals surface area contributed by atoms with Gasteiger partial charge in [0.2, 0.25) is 0 Å². The summed E-state index contributed by atoms with van der Waals surface area (Å²) in [4.78, 5) is 2.20. The highest BCUT2D eigenvalue weighted by Crippen LogP contribution is 2.55. The molecule has 0 bridgehead atoms. The summed E-state index contributed by atoms with van der Waals surface area (Å²) < 4.78 is 5.42. The molecule has 3 nitrogen and oxygen atoms in total. The minimum absolute atomic E-state index is 0.0862. The molecule has 0 aromatic heterocycles. The Kier molecular flexibility index (Phi) is 4.90. The maximum absolute atomic E-state index is 10.7. The van der Waals surface area contributed by atoms with Crippen molar-refractivity contribution in [2.45, 2.75) is 37.6 Å². The Bertz CT molecular complexity index is 1110.